The number of hydrogen-bond donors (Lipinski definition) is 0. The van der Waals surface area contributed by atoms with Gasteiger partial charge >= 0.3 is 0 Å². The van der Waals surface area contributed by atoms with E-state index in [4.69, 9.17) is 11.6 Å². The van der Waals surface area contributed by atoms with Gasteiger partial charge in [0.05, 0.1) is 0 Å². The van der Waals surface area contributed by atoms with Crippen LogP contribution in [0.3, 0.4) is 0 Å². The van der Waals surface area contributed by atoms with Crippen molar-refractivity contribution in [2.75, 3.05) is 26.2 Å². The molecule has 0 aromatic heterocycles. The number of benzene rings is 2. The summed E-state index contributed by atoms with van der Waals surface area (Å²) in [5.74, 6) is 0. The van der Waals surface area contributed by atoms with Gasteiger partial charge in [0, 0.05) is 43.3 Å². The van der Waals surface area contributed by atoms with Crippen LogP contribution in [0.5, 0.6) is 0 Å². The van der Waals surface area contributed by atoms with E-state index in [-0.39, 0.29) is 12.4 Å². The van der Waals surface area contributed by atoms with Gasteiger partial charge in [0.25, 0.3) is 0 Å². The predicted molar refractivity (Wildman–Crippen MR) is 122 cm³/mol. The van der Waals surface area contributed by atoms with Crippen molar-refractivity contribution in [3.63, 3.8) is 0 Å². The second kappa shape index (κ2) is 10.6. The monoisotopic (exact) mass is 418 g/mol. The summed E-state index contributed by atoms with van der Waals surface area (Å²) in [4.78, 5) is 5.45. The first kappa shape index (κ1) is 21.6. The summed E-state index contributed by atoms with van der Waals surface area (Å²) < 4.78 is 0. The van der Waals surface area contributed by atoms with E-state index in [2.05, 4.69) is 58.3 Å². The number of halogens is 2. The topological polar surface area (TPSA) is 6.48 Å². The highest BCUT2D eigenvalue weighted by atomic mass is 35.5. The summed E-state index contributed by atoms with van der Waals surface area (Å²) in [6.45, 7) is 4.75. The maximum Gasteiger partial charge on any atom is 0.0408 e. The van der Waals surface area contributed by atoms with Crippen LogP contribution in [0.15, 0.2) is 54.6 Å². The molecule has 0 bridgehead atoms. The zero-order valence-electron chi connectivity index (χ0n) is 16.6. The molecule has 2 aromatic rings. The largest absolute Gasteiger partial charge is 0.298 e. The molecule has 152 valence electrons. The van der Waals surface area contributed by atoms with E-state index in [9.17, 15) is 0 Å². The molecule has 1 aliphatic carbocycles. The molecule has 28 heavy (non-hydrogen) atoms. The van der Waals surface area contributed by atoms with Crippen LogP contribution in [0.4, 0.5) is 0 Å². The lowest BCUT2D eigenvalue weighted by Crippen LogP contribution is -2.51. The summed E-state index contributed by atoms with van der Waals surface area (Å²) in [6, 6.07) is 20.6. The van der Waals surface area contributed by atoms with E-state index in [0.29, 0.717) is 6.04 Å². The Morgan fingerprint density at radius 2 is 1.57 bits per heavy atom. The Labute approximate surface area is 181 Å². The molecule has 0 radical (unpaired) electrons. The molecule has 4 rings (SSSR count). The Balaban J connectivity index is 0.00000225. The number of rotatable bonds is 5. The zero-order valence-corrected chi connectivity index (χ0v) is 18.2. The molecule has 0 spiro atoms. The number of piperazine rings is 1. The van der Waals surface area contributed by atoms with E-state index in [0.717, 1.165) is 30.6 Å². The Hall–Kier alpha value is -1.06. The standard InChI is InChI=1S/C24H31ClN2.ClH/c25-22-11-7-8-20(18-22)19-24(21-9-3-1-4-10-21)27-16-14-26(15-17-27)23-12-5-2-6-13-23;/h1,3-4,7-11,18,23-24H,2,5-6,12-17,19H2;1H. The van der Waals surface area contributed by atoms with Crippen molar-refractivity contribution in [2.45, 2.75) is 50.6 Å². The third kappa shape index (κ3) is 5.51. The van der Waals surface area contributed by atoms with Gasteiger partial charge in [-0.1, -0.05) is 73.3 Å². The molecule has 1 heterocycles. The van der Waals surface area contributed by atoms with Gasteiger partial charge in [0.1, 0.15) is 0 Å². The Kier molecular flexibility index (Phi) is 8.23. The van der Waals surface area contributed by atoms with Crippen molar-refractivity contribution >= 4 is 24.0 Å². The van der Waals surface area contributed by atoms with Crippen LogP contribution >= 0.6 is 24.0 Å². The Bertz CT molecular complexity index is 708. The highest BCUT2D eigenvalue weighted by Crippen LogP contribution is 2.29. The third-order valence-corrected chi connectivity index (χ3v) is 6.62. The molecule has 2 aromatic carbocycles. The first-order valence-corrected chi connectivity index (χ1v) is 10.9. The molecule has 2 fully saturated rings. The highest BCUT2D eigenvalue weighted by Gasteiger charge is 2.29. The average molecular weight is 419 g/mol. The maximum atomic E-state index is 6.24. The predicted octanol–water partition coefficient (Wildman–Crippen LogP) is 6.00. The maximum absolute atomic E-state index is 6.24. The molecular formula is C24H32Cl2N2. The first-order valence-electron chi connectivity index (χ1n) is 10.6. The second-order valence-electron chi connectivity index (χ2n) is 8.12. The number of hydrogen-bond acceptors (Lipinski definition) is 2. The molecule has 2 nitrogen and oxygen atoms in total. The molecule has 0 N–H and O–H groups in total. The van der Waals surface area contributed by atoms with Crippen molar-refractivity contribution in [2.24, 2.45) is 0 Å². The summed E-state index contributed by atoms with van der Waals surface area (Å²) in [7, 11) is 0. The quantitative estimate of drug-likeness (QED) is 0.587. The van der Waals surface area contributed by atoms with Gasteiger partial charge in [-0.25, -0.2) is 0 Å². The number of nitrogens with zero attached hydrogens (tertiary/aromatic N) is 2. The molecule has 4 heteroatoms. The van der Waals surface area contributed by atoms with Gasteiger partial charge in [0.15, 0.2) is 0 Å². The minimum absolute atomic E-state index is 0. The van der Waals surface area contributed by atoms with Crippen LogP contribution in [0.25, 0.3) is 0 Å². The third-order valence-electron chi connectivity index (χ3n) is 6.38. The van der Waals surface area contributed by atoms with Gasteiger partial charge in [-0.05, 0) is 42.5 Å². The van der Waals surface area contributed by atoms with Gasteiger partial charge in [-0.2, -0.15) is 0 Å². The van der Waals surface area contributed by atoms with E-state index < -0.39 is 0 Å². The average Bonchev–Trinajstić information content (AvgIpc) is 2.74. The Morgan fingerprint density at radius 1 is 0.857 bits per heavy atom. The molecule has 1 saturated heterocycles. The van der Waals surface area contributed by atoms with Crippen molar-refractivity contribution < 1.29 is 0 Å². The first-order chi connectivity index (χ1) is 13.3. The zero-order chi connectivity index (χ0) is 18.5. The summed E-state index contributed by atoms with van der Waals surface area (Å²) in [5.41, 5.74) is 2.75. The molecule has 1 saturated carbocycles. The van der Waals surface area contributed by atoms with Crippen LogP contribution in [-0.2, 0) is 6.42 Å². The molecular weight excluding hydrogens is 387 g/mol. The van der Waals surface area contributed by atoms with E-state index in [1.165, 1.54) is 56.3 Å². The summed E-state index contributed by atoms with van der Waals surface area (Å²) in [6.07, 6.45) is 8.12. The molecule has 1 unspecified atom stereocenters. The van der Waals surface area contributed by atoms with Gasteiger partial charge in [0.2, 0.25) is 0 Å². The van der Waals surface area contributed by atoms with Crippen molar-refractivity contribution in [1.29, 1.82) is 0 Å². The van der Waals surface area contributed by atoms with Crippen LogP contribution < -0.4 is 0 Å². The summed E-state index contributed by atoms with van der Waals surface area (Å²) in [5, 5.41) is 0.835. The fourth-order valence-electron chi connectivity index (χ4n) is 4.88. The van der Waals surface area contributed by atoms with E-state index in [1.54, 1.807) is 0 Å². The van der Waals surface area contributed by atoms with Crippen LogP contribution in [-0.4, -0.2) is 42.0 Å². The normalized spacial score (nSPS) is 20.5. The van der Waals surface area contributed by atoms with Crippen LogP contribution in [0.2, 0.25) is 5.02 Å². The van der Waals surface area contributed by atoms with Crippen molar-refractivity contribution in [3.8, 4) is 0 Å². The van der Waals surface area contributed by atoms with E-state index in [1.807, 2.05) is 6.07 Å². The lowest BCUT2D eigenvalue weighted by Gasteiger charge is -2.43. The van der Waals surface area contributed by atoms with Gasteiger partial charge < -0.3 is 0 Å². The summed E-state index contributed by atoms with van der Waals surface area (Å²) >= 11 is 6.24. The van der Waals surface area contributed by atoms with Crippen molar-refractivity contribution in [3.05, 3.63) is 70.7 Å². The molecule has 0 amide bonds. The fourth-order valence-corrected chi connectivity index (χ4v) is 5.09. The van der Waals surface area contributed by atoms with Gasteiger partial charge in [-0.15, -0.1) is 12.4 Å². The fraction of sp³-hybridized carbons (Fsp3) is 0.500. The molecule has 1 aliphatic heterocycles. The highest BCUT2D eigenvalue weighted by molar-refractivity contribution is 6.30. The van der Waals surface area contributed by atoms with E-state index >= 15 is 0 Å². The van der Waals surface area contributed by atoms with Crippen LogP contribution in [0.1, 0.15) is 49.3 Å². The lowest BCUT2D eigenvalue weighted by molar-refractivity contribution is 0.0559. The SMILES string of the molecule is Cl.Clc1cccc(CC(c2ccccc2)N2CCN(C3CCCCC3)CC2)c1. The smallest absolute Gasteiger partial charge is 0.0408 e. The molecule has 2 aliphatic rings. The van der Waals surface area contributed by atoms with Gasteiger partial charge in [-0.3, -0.25) is 9.80 Å². The minimum atomic E-state index is 0. The molecule has 1 atom stereocenters. The van der Waals surface area contributed by atoms with Crippen LogP contribution in [0, 0.1) is 0 Å². The Morgan fingerprint density at radius 3 is 2.25 bits per heavy atom. The second-order valence-corrected chi connectivity index (χ2v) is 8.56. The van der Waals surface area contributed by atoms with Crippen molar-refractivity contribution in [1.82, 2.24) is 9.80 Å². The lowest BCUT2D eigenvalue weighted by atomic mass is 9.93. The minimum Gasteiger partial charge on any atom is -0.298 e.